The van der Waals surface area contributed by atoms with Gasteiger partial charge >= 0.3 is 0 Å². The van der Waals surface area contributed by atoms with Crippen molar-refractivity contribution in [2.24, 2.45) is 5.73 Å². The molecule has 0 aliphatic carbocycles. The fourth-order valence-electron chi connectivity index (χ4n) is 1.26. The maximum Gasteiger partial charge on any atom is 0.281 e. The summed E-state index contributed by atoms with van der Waals surface area (Å²) >= 11 is 0. The number of hydrogen-bond donors (Lipinski definition) is 1. The molecule has 1 rings (SSSR count). The maximum atomic E-state index is 12.9. The van der Waals surface area contributed by atoms with E-state index < -0.39 is 6.17 Å². The molecular weight excluding hydrogens is 146 g/mol. The van der Waals surface area contributed by atoms with Crippen LogP contribution in [0.2, 0.25) is 0 Å². The van der Waals surface area contributed by atoms with Crippen LogP contribution in [0.25, 0.3) is 0 Å². The molecule has 1 saturated heterocycles. The van der Waals surface area contributed by atoms with Gasteiger partial charge in [-0.3, -0.25) is 0 Å². The summed E-state index contributed by atoms with van der Waals surface area (Å²) in [5.74, 6) is 0. The normalized spacial score (nSPS) is 33.3. The highest BCUT2D eigenvalue weighted by atomic mass is 19.1. The summed E-state index contributed by atoms with van der Waals surface area (Å²) in [5.41, 5.74) is 5.45. The summed E-state index contributed by atoms with van der Waals surface area (Å²) < 4.78 is 12.9. The molecule has 1 aliphatic rings. The van der Waals surface area contributed by atoms with Crippen LogP contribution in [0.3, 0.4) is 0 Å². The highest BCUT2D eigenvalue weighted by molar-refractivity contribution is 6.64. The lowest BCUT2D eigenvalue weighted by Crippen LogP contribution is -2.49. The van der Waals surface area contributed by atoms with Crippen molar-refractivity contribution in [3.63, 3.8) is 0 Å². The van der Waals surface area contributed by atoms with Gasteiger partial charge in [-0.15, -0.1) is 0 Å². The molecule has 1 aliphatic heterocycles. The molecule has 5 heteroatoms. The third-order valence-corrected chi connectivity index (χ3v) is 2.01. The zero-order valence-corrected chi connectivity index (χ0v) is 6.37. The highest BCUT2D eigenvalue weighted by Crippen LogP contribution is 2.10. The maximum absolute atomic E-state index is 12.9. The fraction of sp³-hybridized carbons (Fsp3) is 0.833. The van der Waals surface area contributed by atoms with Crippen LogP contribution in [0.5, 0.6) is 0 Å². The van der Waals surface area contributed by atoms with Crippen LogP contribution in [-0.4, -0.2) is 43.7 Å². The van der Waals surface area contributed by atoms with Gasteiger partial charge in [0.2, 0.25) is 0 Å². The van der Waals surface area contributed by atoms with Crippen molar-refractivity contribution < 1.29 is 9.18 Å². The Bertz CT molecular complexity index is 147. The van der Waals surface area contributed by atoms with Crippen molar-refractivity contribution in [2.75, 3.05) is 13.1 Å². The molecule has 1 heterocycles. The van der Waals surface area contributed by atoms with Crippen LogP contribution in [0, 0.1) is 0 Å². The quantitative estimate of drug-likeness (QED) is 0.409. The van der Waals surface area contributed by atoms with Crippen LogP contribution in [-0.2, 0) is 4.79 Å². The Labute approximate surface area is 66.0 Å². The van der Waals surface area contributed by atoms with E-state index in [0.717, 1.165) is 12.7 Å². The van der Waals surface area contributed by atoms with Gasteiger partial charge in [-0.25, -0.2) is 4.39 Å². The van der Waals surface area contributed by atoms with Gasteiger partial charge in [-0.1, -0.05) is 0 Å². The molecule has 0 amide bonds. The Morgan fingerprint density at radius 1 is 1.73 bits per heavy atom. The van der Waals surface area contributed by atoms with Crippen LogP contribution in [0.15, 0.2) is 0 Å². The molecule has 0 bridgehead atoms. The van der Waals surface area contributed by atoms with E-state index in [9.17, 15) is 9.18 Å². The van der Waals surface area contributed by atoms with Crippen molar-refractivity contribution in [1.82, 2.24) is 4.81 Å². The lowest BCUT2D eigenvalue weighted by atomic mass is 9.89. The first-order chi connectivity index (χ1) is 5.24. The number of piperidine rings is 1. The molecule has 0 saturated carbocycles. The number of rotatable bonds is 2. The van der Waals surface area contributed by atoms with Gasteiger partial charge in [-0.2, -0.15) is 0 Å². The molecule has 0 unspecified atom stereocenters. The third kappa shape index (κ3) is 2.27. The molecule has 0 radical (unpaired) electrons. The van der Waals surface area contributed by atoms with E-state index in [1.165, 1.54) is 0 Å². The monoisotopic (exact) mass is 158 g/mol. The number of alkyl halides is 1. The molecule has 1 fully saturated rings. The van der Waals surface area contributed by atoms with Gasteiger partial charge in [0.1, 0.15) is 6.17 Å². The van der Waals surface area contributed by atoms with Gasteiger partial charge in [0.05, 0.1) is 6.19 Å². The Hall–Kier alpha value is -0.415. The predicted octanol–water partition coefficient (Wildman–Crippen LogP) is -1.10. The Kier molecular flexibility index (Phi) is 3.02. The van der Waals surface area contributed by atoms with Crippen molar-refractivity contribution in [1.29, 1.82) is 0 Å². The van der Waals surface area contributed by atoms with Gasteiger partial charge in [0, 0.05) is 12.6 Å². The predicted molar refractivity (Wildman–Crippen MR) is 43.0 cm³/mol. The number of carbonyl (C=O) groups is 1. The highest BCUT2D eigenvalue weighted by Gasteiger charge is 2.25. The second-order valence-electron chi connectivity index (χ2n) is 2.89. The van der Waals surface area contributed by atoms with Crippen molar-refractivity contribution in [3.05, 3.63) is 0 Å². The number of hydrogen-bond acceptors (Lipinski definition) is 3. The van der Waals surface area contributed by atoms with Crippen LogP contribution in [0.4, 0.5) is 4.39 Å². The molecule has 62 valence electrons. The summed E-state index contributed by atoms with van der Waals surface area (Å²) in [6.45, 7) is 1.04. The SMILES string of the molecule is N[C@@H]1CCN(BC=O)C[C@@H]1F. The van der Waals surface area contributed by atoms with E-state index >= 15 is 0 Å². The van der Waals surface area contributed by atoms with E-state index in [-0.39, 0.29) is 6.04 Å². The first kappa shape index (κ1) is 8.68. The van der Waals surface area contributed by atoms with Crippen LogP contribution >= 0.6 is 0 Å². The summed E-state index contributed by atoms with van der Waals surface area (Å²) in [6, 6.07) is -0.335. The van der Waals surface area contributed by atoms with Crippen molar-refractivity contribution in [2.45, 2.75) is 18.6 Å². The van der Waals surface area contributed by atoms with E-state index in [1.807, 2.05) is 0 Å². The summed E-state index contributed by atoms with van der Waals surface area (Å²) in [6.07, 6.45) is 0.474. The summed E-state index contributed by atoms with van der Waals surface area (Å²) in [7, 11) is 0.327. The Morgan fingerprint density at radius 2 is 2.45 bits per heavy atom. The molecule has 0 aromatic carbocycles. The van der Waals surface area contributed by atoms with Crippen molar-refractivity contribution in [3.8, 4) is 0 Å². The number of carbonyl (C=O) groups excluding carboxylic acids is 1. The topological polar surface area (TPSA) is 46.3 Å². The lowest BCUT2D eigenvalue weighted by molar-refractivity contribution is 0.178. The molecule has 2 atom stereocenters. The van der Waals surface area contributed by atoms with E-state index in [1.54, 1.807) is 4.81 Å². The standard InChI is InChI=1S/C6H12BFN2O/c8-5-3-10(7-4-11)2-1-6(5)9/h4-7H,1-3,9H2/t5-,6+/m0/s1. The van der Waals surface area contributed by atoms with E-state index in [0.29, 0.717) is 20.4 Å². The first-order valence-corrected chi connectivity index (χ1v) is 3.79. The zero-order chi connectivity index (χ0) is 8.27. The fourth-order valence-corrected chi connectivity index (χ4v) is 1.26. The van der Waals surface area contributed by atoms with Crippen LogP contribution < -0.4 is 5.73 Å². The first-order valence-electron chi connectivity index (χ1n) is 3.79. The lowest BCUT2D eigenvalue weighted by Gasteiger charge is -2.31. The average molecular weight is 158 g/mol. The Morgan fingerprint density at radius 3 is 3.00 bits per heavy atom. The number of halogens is 1. The summed E-state index contributed by atoms with van der Waals surface area (Å²) in [5, 5.41) is 0. The third-order valence-electron chi connectivity index (χ3n) is 2.01. The molecule has 0 aromatic heterocycles. The number of nitrogens with zero attached hydrogens (tertiary/aromatic N) is 1. The minimum atomic E-state index is -0.969. The van der Waals surface area contributed by atoms with Gasteiger partial charge in [-0.05, 0) is 13.0 Å². The minimum Gasteiger partial charge on any atom is -0.336 e. The molecule has 11 heavy (non-hydrogen) atoms. The van der Waals surface area contributed by atoms with Crippen molar-refractivity contribution >= 4 is 13.6 Å². The van der Waals surface area contributed by atoms with E-state index in [2.05, 4.69) is 0 Å². The smallest absolute Gasteiger partial charge is 0.281 e. The second kappa shape index (κ2) is 3.83. The second-order valence-corrected chi connectivity index (χ2v) is 2.89. The van der Waals surface area contributed by atoms with E-state index in [4.69, 9.17) is 5.73 Å². The molecule has 0 spiro atoms. The average Bonchev–Trinajstić information content (AvgIpc) is 1.98. The van der Waals surface area contributed by atoms with Crippen LogP contribution in [0.1, 0.15) is 6.42 Å². The summed E-state index contributed by atoms with van der Waals surface area (Å²) in [4.78, 5) is 11.8. The van der Waals surface area contributed by atoms with Gasteiger partial charge in [0.25, 0.3) is 7.41 Å². The Balaban J connectivity index is 2.33. The molecular formula is C6H12BFN2O. The molecule has 0 aromatic rings. The number of nitrogens with two attached hydrogens (primary N) is 1. The minimum absolute atomic E-state index is 0.305. The molecule has 2 N–H and O–H groups in total. The zero-order valence-electron chi connectivity index (χ0n) is 6.37. The largest absolute Gasteiger partial charge is 0.336 e. The van der Waals surface area contributed by atoms with Gasteiger partial charge in [0.15, 0.2) is 0 Å². The van der Waals surface area contributed by atoms with Gasteiger partial charge < -0.3 is 15.3 Å². The molecule has 3 nitrogen and oxygen atoms in total.